The molecule has 1 atom stereocenters. The van der Waals surface area contributed by atoms with Gasteiger partial charge < -0.3 is 20.3 Å². The number of carbonyl (C=O) groups excluding carboxylic acids is 1. The van der Waals surface area contributed by atoms with Crippen LogP contribution in [0.3, 0.4) is 0 Å². The van der Waals surface area contributed by atoms with Gasteiger partial charge in [-0.05, 0) is 38.5 Å². The quantitative estimate of drug-likeness (QED) is 0.905. The molecule has 6 heteroatoms. The van der Waals surface area contributed by atoms with E-state index in [0.29, 0.717) is 19.6 Å². The Bertz CT molecular complexity index is 558. The van der Waals surface area contributed by atoms with Crippen LogP contribution in [0.5, 0.6) is 0 Å². The van der Waals surface area contributed by atoms with Crippen molar-refractivity contribution < 1.29 is 9.53 Å². The minimum Gasteiger partial charge on any atom is -0.444 e. The standard InChI is InChI=1S/C19H32N4O2/c1-19(2,3)25-18(24)23-12-10-22(11-13-23)17(14-20)15-6-8-16(9-7-15)21(4)5/h6-9,17H,10-14,20H2,1-5H3. The van der Waals surface area contributed by atoms with Crippen LogP contribution in [0.4, 0.5) is 10.5 Å². The third-order valence-electron chi connectivity index (χ3n) is 4.42. The Morgan fingerprint density at radius 1 is 1.16 bits per heavy atom. The minimum atomic E-state index is -0.456. The Morgan fingerprint density at radius 3 is 2.16 bits per heavy atom. The Morgan fingerprint density at radius 2 is 1.72 bits per heavy atom. The first kappa shape index (κ1) is 19.5. The van der Waals surface area contributed by atoms with Gasteiger partial charge in [-0.1, -0.05) is 12.1 Å². The van der Waals surface area contributed by atoms with Gasteiger partial charge in [0.15, 0.2) is 0 Å². The highest BCUT2D eigenvalue weighted by Crippen LogP contribution is 2.24. The lowest BCUT2D eigenvalue weighted by atomic mass is 10.0. The number of ether oxygens (including phenoxy) is 1. The first-order valence-electron chi connectivity index (χ1n) is 8.90. The zero-order valence-corrected chi connectivity index (χ0v) is 16.2. The third-order valence-corrected chi connectivity index (χ3v) is 4.42. The van der Waals surface area contributed by atoms with Crippen molar-refractivity contribution in [3.8, 4) is 0 Å². The molecule has 0 aliphatic carbocycles. The molecule has 6 nitrogen and oxygen atoms in total. The maximum atomic E-state index is 12.2. The summed E-state index contributed by atoms with van der Waals surface area (Å²) >= 11 is 0. The van der Waals surface area contributed by atoms with E-state index in [-0.39, 0.29) is 12.1 Å². The molecule has 1 aliphatic heterocycles. The Labute approximate surface area is 151 Å². The van der Waals surface area contributed by atoms with Gasteiger partial charge in [0.1, 0.15) is 5.60 Å². The first-order valence-corrected chi connectivity index (χ1v) is 8.90. The maximum absolute atomic E-state index is 12.2. The Hall–Kier alpha value is -1.79. The molecule has 0 spiro atoms. The summed E-state index contributed by atoms with van der Waals surface area (Å²) in [5.41, 5.74) is 7.99. The van der Waals surface area contributed by atoms with E-state index in [4.69, 9.17) is 10.5 Å². The molecule has 0 radical (unpaired) electrons. The lowest BCUT2D eigenvalue weighted by Crippen LogP contribution is -2.51. The molecule has 1 heterocycles. The second-order valence-corrected chi connectivity index (χ2v) is 7.74. The second-order valence-electron chi connectivity index (χ2n) is 7.74. The largest absolute Gasteiger partial charge is 0.444 e. The molecule has 1 unspecified atom stereocenters. The fourth-order valence-corrected chi connectivity index (χ4v) is 3.03. The summed E-state index contributed by atoms with van der Waals surface area (Å²) in [7, 11) is 4.07. The molecule has 140 valence electrons. The van der Waals surface area contributed by atoms with Gasteiger partial charge in [-0.15, -0.1) is 0 Å². The van der Waals surface area contributed by atoms with E-state index in [1.165, 1.54) is 11.3 Å². The molecular weight excluding hydrogens is 316 g/mol. The van der Waals surface area contributed by atoms with Gasteiger partial charge >= 0.3 is 6.09 Å². The average Bonchev–Trinajstić information content (AvgIpc) is 2.55. The van der Waals surface area contributed by atoms with Crippen molar-refractivity contribution in [2.45, 2.75) is 32.4 Å². The van der Waals surface area contributed by atoms with E-state index in [1.54, 1.807) is 4.90 Å². The molecule has 1 aliphatic rings. The summed E-state index contributed by atoms with van der Waals surface area (Å²) < 4.78 is 5.46. The molecule has 1 saturated heterocycles. The number of nitrogens with two attached hydrogens (primary N) is 1. The van der Waals surface area contributed by atoms with Crippen molar-refractivity contribution in [1.82, 2.24) is 9.80 Å². The van der Waals surface area contributed by atoms with Crippen molar-refractivity contribution in [3.05, 3.63) is 29.8 Å². The molecule has 1 amide bonds. The number of benzene rings is 1. The molecular formula is C19H32N4O2. The zero-order chi connectivity index (χ0) is 18.6. The smallest absolute Gasteiger partial charge is 0.410 e. The van der Waals surface area contributed by atoms with Crippen LogP contribution in [0.15, 0.2) is 24.3 Å². The van der Waals surface area contributed by atoms with E-state index < -0.39 is 5.60 Å². The number of rotatable bonds is 4. The normalized spacial score (nSPS) is 17.3. The lowest BCUT2D eigenvalue weighted by molar-refractivity contribution is 0.0106. The summed E-state index contributed by atoms with van der Waals surface area (Å²) in [5.74, 6) is 0. The second kappa shape index (κ2) is 8.06. The number of piperazine rings is 1. The van der Waals surface area contributed by atoms with E-state index >= 15 is 0 Å². The highest BCUT2D eigenvalue weighted by molar-refractivity contribution is 5.68. The number of hydrogen-bond donors (Lipinski definition) is 1. The molecule has 2 rings (SSSR count). The summed E-state index contributed by atoms with van der Waals surface area (Å²) in [6, 6.07) is 8.71. The van der Waals surface area contributed by atoms with Crippen LogP contribution in [-0.2, 0) is 4.74 Å². The van der Waals surface area contributed by atoms with Crippen molar-refractivity contribution in [2.75, 3.05) is 51.7 Å². The SMILES string of the molecule is CN(C)c1ccc(C(CN)N2CCN(C(=O)OC(C)(C)C)CC2)cc1. The predicted octanol–water partition coefficient (Wildman–Crippen LogP) is 2.31. The number of hydrogen-bond acceptors (Lipinski definition) is 5. The Kier molecular flexibility index (Phi) is 6.30. The zero-order valence-electron chi connectivity index (χ0n) is 16.2. The van der Waals surface area contributed by atoms with Crippen LogP contribution >= 0.6 is 0 Å². The highest BCUT2D eigenvalue weighted by atomic mass is 16.6. The molecule has 25 heavy (non-hydrogen) atoms. The summed E-state index contributed by atoms with van der Waals surface area (Å²) in [6.45, 7) is 9.18. The Balaban J connectivity index is 1.96. The van der Waals surface area contributed by atoms with Gasteiger partial charge in [-0.2, -0.15) is 0 Å². The van der Waals surface area contributed by atoms with Gasteiger partial charge in [-0.25, -0.2) is 4.79 Å². The molecule has 2 N–H and O–H groups in total. The number of anilines is 1. The van der Waals surface area contributed by atoms with Gasteiger partial charge in [0, 0.05) is 58.5 Å². The monoisotopic (exact) mass is 348 g/mol. The number of nitrogens with zero attached hydrogens (tertiary/aromatic N) is 3. The van der Waals surface area contributed by atoms with Crippen LogP contribution in [0.2, 0.25) is 0 Å². The maximum Gasteiger partial charge on any atom is 0.410 e. The minimum absolute atomic E-state index is 0.178. The van der Waals surface area contributed by atoms with E-state index in [9.17, 15) is 4.79 Å². The van der Waals surface area contributed by atoms with Crippen LogP contribution in [0, 0.1) is 0 Å². The van der Waals surface area contributed by atoms with Gasteiger partial charge in [0.05, 0.1) is 0 Å². The topological polar surface area (TPSA) is 62.0 Å². The van der Waals surface area contributed by atoms with Crippen molar-refractivity contribution in [1.29, 1.82) is 0 Å². The van der Waals surface area contributed by atoms with Crippen LogP contribution in [-0.4, -0.2) is 68.3 Å². The molecule has 0 aromatic heterocycles. The summed E-state index contributed by atoms with van der Waals surface area (Å²) in [4.78, 5) is 18.4. The van der Waals surface area contributed by atoms with Gasteiger partial charge in [-0.3, -0.25) is 4.90 Å². The van der Waals surface area contributed by atoms with Crippen molar-refractivity contribution in [3.63, 3.8) is 0 Å². The molecule has 0 saturated carbocycles. The molecule has 1 fully saturated rings. The van der Waals surface area contributed by atoms with Crippen molar-refractivity contribution in [2.24, 2.45) is 5.73 Å². The fourth-order valence-electron chi connectivity index (χ4n) is 3.03. The molecule has 1 aromatic carbocycles. The molecule has 1 aromatic rings. The third kappa shape index (κ3) is 5.34. The number of carbonyl (C=O) groups is 1. The van der Waals surface area contributed by atoms with E-state index in [0.717, 1.165) is 13.1 Å². The van der Waals surface area contributed by atoms with Crippen LogP contribution < -0.4 is 10.6 Å². The average molecular weight is 348 g/mol. The summed E-state index contributed by atoms with van der Waals surface area (Å²) in [6.07, 6.45) is -0.230. The number of amides is 1. The van der Waals surface area contributed by atoms with E-state index in [1.807, 2.05) is 34.9 Å². The summed E-state index contributed by atoms with van der Waals surface area (Å²) in [5, 5.41) is 0. The van der Waals surface area contributed by atoms with Gasteiger partial charge in [0.25, 0.3) is 0 Å². The van der Waals surface area contributed by atoms with Crippen LogP contribution in [0.1, 0.15) is 32.4 Å². The predicted molar refractivity (Wildman–Crippen MR) is 102 cm³/mol. The fraction of sp³-hybridized carbons (Fsp3) is 0.632. The van der Waals surface area contributed by atoms with Crippen LogP contribution in [0.25, 0.3) is 0 Å². The molecule has 0 bridgehead atoms. The van der Waals surface area contributed by atoms with Gasteiger partial charge in [0.2, 0.25) is 0 Å². The highest BCUT2D eigenvalue weighted by Gasteiger charge is 2.29. The first-order chi connectivity index (χ1) is 11.7. The van der Waals surface area contributed by atoms with Crippen molar-refractivity contribution >= 4 is 11.8 Å². The lowest BCUT2D eigenvalue weighted by Gasteiger charge is -2.39. The van der Waals surface area contributed by atoms with E-state index in [2.05, 4.69) is 34.1 Å².